The predicted octanol–water partition coefficient (Wildman–Crippen LogP) is 7.99. The summed E-state index contributed by atoms with van der Waals surface area (Å²) >= 11 is 0. The highest BCUT2D eigenvalue weighted by molar-refractivity contribution is 5.70. The third-order valence-electron chi connectivity index (χ3n) is 5.31. The zero-order valence-electron chi connectivity index (χ0n) is 17.6. The van der Waals surface area contributed by atoms with E-state index in [-0.39, 0.29) is 11.5 Å². The van der Waals surface area contributed by atoms with Crippen LogP contribution in [0.15, 0.2) is 78.9 Å². The second kappa shape index (κ2) is 10.7. The minimum Gasteiger partial charge on any atom is -0.206 e. The standard InChI is InChI=1S/C28H28F2/c1-3-4-6-9-22-12-14-23(15-13-22)16-17-26-27(29)19-24(20-28(26)30)18-21(2)25-10-7-5-8-11-25/h3-5,7-8,10-17,19-21H,6,9,18H2,1-2H3/b4-3+,17-16?/t21-/m0/s1. The van der Waals surface area contributed by atoms with Gasteiger partial charge in [0, 0.05) is 5.56 Å². The lowest BCUT2D eigenvalue weighted by molar-refractivity contribution is 0.573. The molecule has 0 N–H and O–H groups in total. The lowest BCUT2D eigenvalue weighted by Gasteiger charge is -2.13. The summed E-state index contributed by atoms with van der Waals surface area (Å²) < 4.78 is 29.2. The van der Waals surface area contributed by atoms with Crippen molar-refractivity contribution in [2.45, 2.75) is 39.0 Å². The quantitative estimate of drug-likeness (QED) is 0.264. The maximum Gasteiger partial charge on any atom is 0.133 e. The van der Waals surface area contributed by atoms with Gasteiger partial charge in [-0.15, -0.1) is 0 Å². The topological polar surface area (TPSA) is 0 Å². The average Bonchev–Trinajstić information content (AvgIpc) is 2.75. The van der Waals surface area contributed by atoms with E-state index < -0.39 is 11.6 Å². The van der Waals surface area contributed by atoms with Crippen molar-refractivity contribution < 1.29 is 8.78 Å². The molecule has 3 aromatic carbocycles. The molecule has 0 saturated heterocycles. The summed E-state index contributed by atoms with van der Waals surface area (Å²) in [4.78, 5) is 0. The Morgan fingerprint density at radius 1 is 0.833 bits per heavy atom. The monoisotopic (exact) mass is 402 g/mol. The first-order chi connectivity index (χ1) is 14.6. The van der Waals surface area contributed by atoms with Gasteiger partial charge in [-0.25, -0.2) is 8.78 Å². The fraction of sp³-hybridized carbons (Fsp3) is 0.214. The van der Waals surface area contributed by atoms with Gasteiger partial charge < -0.3 is 0 Å². The molecule has 1 atom stereocenters. The van der Waals surface area contributed by atoms with Gasteiger partial charge in [-0.05, 0) is 72.6 Å². The molecule has 0 aliphatic rings. The molecule has 3 rings (SSSR count). The number of hydrogen-bond donors (Lipinski definition) is 0. The van der Waals surface area contributed by atoms with Crippen LogP contribution in [-0.4, -0.2) is 0 Å². The van der Waals surface area contributed by atoms with Crippen LogP contribution in [-0.2, 0) is 12.8 Å². The SMILES string of the molecule is C/C=C/CCc1ccc(C=Cc2c(F)cc(C[C@H](C)c3ccccc3)cc2F)cc1. The number of rotatable bonds is 8. The van der Waals surface area contributed by atoms with Crippen molar-refractivity contribution in [3.05, 3.63) is 118 Å². The predicted molar refractivity (Wildman–Crippen MR) is 123 cm³/mol. The fourth-order valence-electron chi connectivity index (χ4n) is 3.56. The van der Waals surface area contributed by atoms with Gasteiger partial charge >= 0.3 is 0 Å². The molecule has 0 bridgehead atoms. The molecule has 0 nitrogen and oxygen atoms in total. The van der Waals surface area contributed by atoms with Crippen LogP contribution < -0.4 is 0 Å². The average molecular weight is 403 g/mol. The summed E-state index contributed by atoms with van der Waals surface area (Å²) in [6, 6.07) is 21.0. The molecule has 0 aliphatic carbocycles. The summed E-state index contributed by atoms with van der Waals surface area (Å²) in [6.07, 6.45) is 10.1. The first-order valence-corrected chi connectivity index (χ1v) is 10.5. The van der Waals surface area contributed by atoms with E-state index in [2.05, 4.69) is 25.1 Å². The van der Waals surface area contributed by atoms with E-state index in [0.29, 0.717) is 12.0 Å². The van der Waals surface area contributed by atoms with Crippen molar-refractivity contribution in [3.8, 4) is 0 Å². The minimum atomic E-state index is -0.524. The van der Waals surface area contributed by atoms with Crippen molar-refractivity contribution >= 4 is 12.2 Å². The summed E-state index contributed by atoms with van der Waals surface area (Å²) in [5.74, 6) is -0.855. The summed E-state index contributed by atoms with van der Waals surface area (Å²) in [7, 11) is 0. The fourth-order valence-corrected chi connectivity index (χ4v) is 3.56. The molecule has 0 saturated carbocycles. The molecule has 0 radical (unpaired) electrons. The number of allylic oxidation sites excluding steroid dienone is 2. The Kier molecular flexibility index (Phi) is 7.73. The summed E-state index contributed by atoms with van der Waals surface area (Å²) in [6.45, 7) is 4.09. The molecular weight excluding hydrogens is 374 g/mol. The van der Waals surface area contributed by atoms with Crippen LogP contribution in [0.25, 0.3) is 12.2 Å². The molecule has 30 heavy (non-hydrogen) atoms. The van der Waals surface area contributed by atoms with E-state index in [4.69, 9.17) is 0 Å². The third-order valence-corrected chi connectivity index (χ3v) is 5.31. The highest BCUT2D eigenvalue weighted by atomic mass is 19.1. The molecule has 3 aromatic rings. The number of halogens is 2. The van der Waals surface area contributed by atoms with E-state index in [1.807, 2.05) is 55.5 Å². The van der Waals surface area contributed by atoms with Gasteiger partial charge in [0.15, 0.2) is 0 Å². The second-order valence-electron chi connectivity index (χ2n) is 7.67. The summed E-state index contributed by atoms with van der Waals surface area (Å²) in [5.41, 5.74) is 4.01. The zero-order valence-corrected chi connectivity index (χ0v) is 17.6. The zero-order chi connectivity index (χ0) is 21.3. The Morgan fingerprint density at radius 2 is 1.50 bits per heavy atom. The Morgan fingerprint density at radius 3 is 2.13 bits per heavy atom. The van der Waals surface area contributed by atoms with Gasteiger partial charge in [-0.3, -0.25) is 0 Å². The maximum absolute atomic E-state index is 14.6. The molecule has 0 aromatic heterocycles. The van der Waals surface area contributed by atoms with E-state index in [9.17, 15) is 8.78 Å². The number of benzene rings is 3. The summed E-state index contributed by atoms with van der Waals surface area (Å²) in [5, 5.41) is 0. The molecule has 154 valence electrons. The minimum absolute atomic E-state index is 0.00303. The largest absolute Gasteiger partial charge is 0.206 e. The first-order valence-electron chi connectivity index (χ1n) is 10.5. The smallest absolute Gasteiger partial charge is 0.133 e. The first kappa shape index (κ1) is 21.7. The molecular formula is C28H28F2. The number of hydrogen-bond acceptors (Lipinski definition) is 0. The highest BCUT2D eigenvalue weighted by Crippen LogP contribution is 2.24. The van der Waals surface area contributed by atoms with Gasteiger partial charge in [0.2, 0.25) is 0 Å². The van der Waals surface area contributed by atoms with E-state index in [0.717, 1.165) is 24.0 Å². The Labute approximate surface area is 178 Å². The molecule has 0 spiro atoms. The molecule has 0 unspecified atom stereocenters. The molecule has 0 aliphatic heterocycles. The van der Waals surface area contributed by atoms with Crippen LogP contribution in [0.1, 0.15) is 54.0 Å². The van der Waals surface area contributed by atoms with Gasteiger partial charge in [-0.2, -0.15) is 0 Å². The van der Waals surface area contributed by atoms with Crippen molar-refractivity contribution in [2.24, 2.45) is 0 Å². The van der Waals surface area contributed by atoms with Crippen molar-refractivity contribution in [1.29, 1.82) is 0 Å². The molecule has 0 heterocycles. The van der Waals surface area contributed by atoms with Crippen LogP contribution >= 0.6 is 0 Å². The van der Waals surface area contributed by atoms with E-state index in [1.54, 1.807) is 6.08 Å². The Bertz CT molecular complexity index is 976. The normalized spacial score (nSPS) is 12.7. The maximum atomic E-state index is 14.6. The van der Waals surface area contributed by atoms with Crippen LogP contribution in [0, 0.1) is 11.6 Å². The van der Waals surface area contributed by atoms with Gasteiger partial charge in [0.1, 0.15) is 11.6 Å². The lowest BCUT2D eigenvalue weighted by Crippen LogP contribution is -2.01. The molecule has 0 amide bonds. The Balaban J connectivity index is 1.69. The second-order valence-corrected chi connectivity index (χ2v) is 7.67. The molecule has 0 fully saturated rings. The molecule has 2 heteroatoms. The van der Waals surface area contributed by atoms with E-state index in [1.165, 1.54) is 23.8 Å². The highest BCUT2D eigenvalue weighted by Gasteiger charge is 2.12. The van der Waals surface area contributed by atoms with Crippen molar-refractivity contribution in [1.82, 2.24) is 0 Å². The number of aryl methyl sites for hydroxylation is 1. The van der Waals surface area contributed by atoms with Crippen LogP contribution in [0.5, 0.6) is 0 Å². The van der Waals surface area contributed by atoms with Crippen molar-refractivity contribution in [2.75, 3.05) is 0 Å². The van der Waals surface area contributed by atoms with Gasteiger partial charge in [0.05, 0.1) is 0 Å². The Hall–Kier alpha value is -3.00. The van der Waals surface area contributed by atoms with Crippen LogP contribution in [0.2, 0.25) is 0 Å². The van der Waals surface area contributed by atoms with Gasteiger partial charge in [0.25, 0.3) is 0 Å². The lowest BCUT2D eigenvalue weighted by atomic mass is 9.93. The third kappa shape index (κ3) is 6.00. The van der Waals surface area contributed by atoms with Crippen LogP contribution in [0.3, 0.4) is 0 Å². The van der Waals surface area contributed by atoms with E-state index >= 15 is 0 Å². The van der Waals surface area contributed by atoms with Crippen LogP contribution in [0.4, 0.5) is 8.78 Å². The van der Waals surface area contributed by atoms with Crippen molar-refractivity contribution in [3.63, 3.8) is 0 Å². The van der Waals surface area contributed by atoms with Gasteiger partial charge in [-0.1, -0.05) is 79.7 Å².